The number of amides is 2. The second kappa shape index (κ2) is 10.2. The number of nitrogens with zero attached hydrogens (tertiary/aromatic N) is 5. The van der Waals surface area contributed by atoms with Gasteiger partial charge < -0.3 is 14.7 Å². The molecule has 2 amide bonds. The van der Waals surface area contributed by atoms with Gasteiger partial charge in [0.1, 0.15) is 21.6 Å². The van der Waals surface area contributed by atoms with Crippen molar-refractivity contribution in [3.05, 3.63) is 74.5 Å². The minimum atomic E-state index is -0.681. The summed E-state index contributed by atoms with van der Waals surface area (Å²) in [5, 5.41) is 1.84. The van der Waals surface area contributed by atoms with Crippen LogP contribution in [0.5, 0.6) is 0 Å². The van der Waals surface area contributed by atoms with Crippen molar-refractivity contribution < 1.29 is 9.59 Å². The number of carbonyl (C=O) groups excluding carboxylic acids is 2. The van der Waals surface area contributed by atoms with Gasteiger partial charge in [0.15, 0.2) is 5.17 Å². The van der Waals surface area contributed by atoms with Gasteiger partial charge in [0, 0.05) is 43.1 Å². The SMILES string of the molecule is CC(C)C1=C(C(=O)N2CCC[C@H]2C(=O)N(C)C)SC2=N[C@@](C)(c3ccc(Cl)nc3)[C@@H](c3ccc(Cl)cc3)N21. The largest absolute Gasteiger partial charge is 0.347 e. The number of halogens is 2. The molecule has 0 saturated carbocycles. The normalized spacial score (nSPS) is 24.8. The fraction of sp³-hybridized carbons (Fsp3) is 0.429. The molecule has 0 spiro atoms. The molecule has 0 aliphatic carbocycles. The van der Waals surface area contributed by atoms with Gasteiger partial charge in [0.2, 0.25) is 5.91 Å². The summed E-state index contributed by atoms with van der Waals surface area (Å²) in [6, 6.07) is 10.9. The number of aliphatic imine (C=N–C) groups is 1. The Morgan fingerprint density at radius 2 is 1.84 bits per heavy atom. The topological polar surface area (TPSA) is 69.1 Å². The zero-order valence-corrected chi connectivity index (χ0v) is 24.4. The molecule has 0 unspecified atom stereocenters. The average Bonchev–Trinajstić information content (AvgIpc) is 3.57. The highest BCUT2D eigenvalue weighted by Gasteiger charge is 2.54. The van der Waals surface area contributed by atoms with Gasteiger partial charge in [-0.2, -0.15) is 0 Å². The van der Waals surface area contributed by atoms with Gasteiger partial charge in [0.05, 0.1) is 6.04 Å². The minimum Gasteiger partial charge on any atom is -0.347 e. The monoisotopic (exact) mass is 571 g/mol. The van der Waals surface area contributed by atoms with Gasteiger partial charge in [-0.15, -0.1) is 0 Å². The summed E-state index contributed by atoms with van der Waals surface area (Å²) in [6.45, 7) is 6.85. The summed E-state index contributed by atoms with van der Waals surface area (Å²) in [4.78, 5) is 42.6. The van der Waals surface area contributed by atoms with E-state index < -0.39 is 11.6 Å². The first kappa shape index (κ1) is 27.0. The van der Waals surface area contributed by atoms with E-state index in [1.807, 2.05) is 30.3 Å². The number of fused-ring (bicyclic) bond motifs is 1. The Balaban J connectivity index is 1.61. The van der Waals surface area contributed by atoms with Gasteiger partial charge >= 0.3 is 0 Å². The van der Waals surface area contributed by atoms with Crippen LogP contribution >= 0.6 is 35.0 Å². The number of likely N-dealkylation sites (N-methyl/N-ethyl adjacent to an activating group) is 1. The molecular formula is C28H31Cl2N5O2S. The van der Waals surface area contributed by atoms with Crippen LogP contribution in [0.15, 0.2) is 58.2 Å². The van der Waals surface area contributed by atoms with Crippen LogP contribution in [0, 0.1) is 5.92 Å². The molecular weight excluding hydrogens is 541 g/mol. The summed E-state index contributed by atoms with van der Waals surface area (Å²) in [5.74, 6) is -0.0938. The second-order valence-electron chi connectivity index (χ2n) is 10.6. The second-order valence-corrected chi connectivity index (χ2v) is 12.4. The molecule has 4 heterocycles. The number of thioether (sulfide) groups is 1. The van der Waals surface area contributed by atoms with Crippen molar-refractivity contribution in [2.75, 3.05) is 20.6 Å². The van der Waals surface area contributed by atoms with Crippen LogP contribution in [0.3, 0.4) is 0 Å². The molecule has 0 radical (unpaired) electrons. The molecule has 0 bridgehead atoms. The Morgan fingerprint density at radius 3 is 2.45 bits per heavy atom. The van der Waals surface area contributed by atoms with E-state index >= 15 is 0 Å². The van der Waals surface area contributed by atoms with Crippen molar-refractivity contribution in [3.63, 3.8) is 0 Å². The van der Waals surface area contributed by atoms with Gasteiger partial charge in [-0.05, 0) is 61.2 Å². The number of benzene rings is 1. The van der Waals surface area contributed by atoms with Crippen LogP contribution < -0.4 is 0 Å². The van der Waals surface area contributed by atoms with Crippen molar-refractivity contribution in [3.8, 4) is 0 Å². The van der Waals surface area contributed by atoms with E-state index in [-0.39, 0.29) is 23.8 Å². The highest BCUT2D eigenvalue weighted by Crippen LogP contribution is 2.56. The van der Waals surface area contributed by atoms with Crippen molar-refractivity contribution in [1.82, 2.24) is 19.7 Å². The van der Waals surface area contributed by atoms with Gasteiger partial charge in [-0.25, -0.2) is 9.98 Å². The third kappa shape index (κ3) is 4.50. The van der Waals surface area contributed by atoms with Crippen LogP contribution in [0.25, 0.3) is 0 Å². The van der Waals surface area contributed by atoms with Crippen LogP contribution in [0.4, 0.5) is 0 Å². The molecule has 3 aliphatic rings. The highest BCUT2D eigenvalue weighted by molar-refractivity contribution is 8.18. The number of rotatable bonds is 5. The van der Waals surface area contributed by atoms with Crippen molar-refractivity contribution in [2.24, 2.45) is 10.9 Å². The first-order valence-electron chi connectivity index (χ1n) is 12.7. The Morgan fingerprint density at radius 1 is 1.13 bits per heavy atom. The third-order valence-corrected chi connectivity index (χ3v) is 9.02. The number of aromatic nitrogens is 1. The lowest BCUT2D eigenvalue weighted by Crippen LogP contribution is -2.46. The maximum atomic E-state index is 14.0. The maximum Gasteiger partial charge on any atom is 0.263 e. The Hall–Kier alpha value is -2.55. The Labute approximate surface area is 237 Å². The molecule has 1 saturated heterocycles. The summed E-state index contributed by atoms with van der Waals surface area (Å²) >= 11 is 13.8. The molecule has 1 fully saturated rings. The van der Waals surface area contributed by atoms with E-state index in [9.17, 15) is 9.59 Å². The zero-order chi connectivity index (χ0) is 27.4. The molecule has 200 valence electrons. The predicted molar refractivity (Wildman–Crippen MR) is 153 cm³/mol. The number of allylic oxidation sites excluding steroid dienone is 1. The summed E-state index contributed by atoms with van der Waals surface area (Å²) in [6.07, 6.45) is 3.26. The smallest absolute Gasteiger partial charge is 0.263 e. The van der Waals surface area contributed by atoms with Crippen LogP contribution in [0.1, 0.15) is 50.8 Å². The number of carbonyl (C=O) groups is 2. The number of likely N-dealkylation sites (tertiary alicyclic amines) is 1. The molecule has 0 N–H and O–H groups in total. The van der Waals surface area contributed by atoms with Crippen LogP contribution in [0.2, 0.25) is 10.2 Å². The average molecular weight is 573 g/mol. The molecule has 5 rings (SSSR count). The van der Waals surface area contributed by atoms with Crippen LogP contribution in [-0.2, 0) is 15.1 Å². The van der Waals surface area contributed by atoms with Gasteiger partial charge in [0.25, 0.3) is 5.91 Å². The minimum absolute atomic E-state index is 0.0368. The molecule has 10 heteroatoms. The van der Waals surface area contributed by atoms with E-state index in [2.05, 4.69) is 30.7 Å². The van der Waals surface area contributed by atoms with E-state index in [1.165, 1.54) is 11.8 Å². The fourth-order valence-corrected chi connectivity index (χ4v) is 7.25. The Kier molecular flexibility index (Phi) is 7.26. The third-order valence-electron chi connectivity index (χ3n) is 7.49. The first-order chi connectivity index (χ1) is 18.0. The molecule has 3 aliphatic heterocycles. The lowest BCUT2D eigenvalue weighted by atomic mass is 9.81. The number of hydrogen-bond donors (Lipinski definition) is 0. The summed E-state index contributed by atoms with van der Waals surface area (Å²) in [7, 11) is 3.47. The zero-order valence-electron chi connectivity index (χ0n) is 22.1. The summed E-state index contributed by atoms with van der Waals surface area (Å²) < 4.78 is 0. The first-order valence-corrected chi connectivity index (χ1v) is 14.3. The number of pyridine rings is 1. The van der Waals surface area contributed by atoms with E-state index in [4.69, 9.17) is 28.2 Å². The molecule has 1 aromatic heterocycles. The van der Waals surface area contributed by atoms with E-state index in [0.29, 0.717) is 28.0 Å². The molecule has 3 atom stereocenters. The van der Waals surface area contributed by atoms with Gasteiger partial charge in [-0.3, -0.25) is 9.59 Å². The standard InChI is InChI=1S/C28H31Cl2N5O2S/c1-16(2)22-23(26(37)34-14-6-7-20(34)25(36)33(4)5)38-27-32-28(3,18-10-13-21(30)31-15-18)24(35(22)27)17-8-11-19(29)12-9-17/h8-13,15-16,20,24H,6-7,14H2,1-5H3/t20-,24+,28-/m0/s1. The predicted octanol–water partition coefficient (Wildman–Crippen LogP) is 5.71. The van der Waals surface area contributed by atoms with Crippen molar-refractivity contribution in [2.45, 2.75) is 51.2 Å². The van der Waals surface area contributed by atoms with E-state index in [1.54, 1.807) is 36.2 Å². The highest BCUT2D eigenvalue weighted by atomic mass is 35.5. The summed E-state index contributed by atoms with van der Waals surface area (Å²) in [5.41, 5.74) is 2.20. The molecule has 1 aromatic carbocycles. The van der Waals surface area contributed by atoms with Crippen molar-refractivity contribution in [1.29, 1.82) is 0 Å². The number of amidine groups is 1. The van der Waals surface area contributed by atoms with Crippen molar-refractivity contribution >= 4 is 51.9 Å². The molecule has 38 heavy (non-hydrogen) atoms. The van der Waals surface area contributed by atoms with Gasteiger partial charge in [-0.1, -0.05) is 55.2 Å². The van der Waals surface area contributed by atoms with E-state index in [0.717, 1.165) is 28.4 Å². The lowest BCUT2D eigenvalue weighted by Gasteiger charge is -2.37. The quantitative estimate of drug-likeness (QED) is 0.430. The Bertz CT molecular complexity index is 1330. The molecule has 2 aromatic rings. The van der Waals surface area contributed by atoms with Crippen LogP contribution in [-0.4, -0.2) is 63.3 Å². The maximum absolute atomic E-state index is 14.0. The fourth-order valence-electron chi connectivity index (χ4n) is 5.65. The molecule has 7 nitrogen and oxygen atoms in total. The lowest BCUT2D eigenvalue weighted by molar-refractivity contribution is -0.140. The number of hydrogen-bond acceptors (Lipinski definition) is 6.